The van der Waals surface area contributed by atoms with E-state index >= 15 is 0 Å². The number of rotatable bonds is 6. The maximum atomic E-state index is 12.3. The molecule has 0 aliphatic rings. The third-order valence-electron chi connectivity index (χ3n) is 3.35. The van der Waals surface area contributed by atoms with Crippen LogP contribution < -0.4 is 5.32 Å². The van der Waals surface area contributed by atoms with Crippen LogP contribution in [0.3, 0.4) is 0 Å². The summed E-state index contributed by atoms with van der Waals surface area (Å²) in [7, 11) is 0. The number of hydrogen-bond donors (Lipinski definition) is 2. The summed E-state index contributed by atoms with van der Waals surface area (Å²) in [6.07, 6.45) is 2.69. The maximum Gasteiger partial charge on any atom is 0.326 e. The standard InChI is InChI=1S/C16H19N3O3/c1-3-7-14(16(21)22)17-15(20)13-10-19(18-11(13)2)12-8-5-4-6-9-12/h4-6,8-10,14H,3,7H2,1-2H3,(H,17,20)(H,21,22). The van der Waals surface area contributed by atoms with Crippen LogP contribution in [-0.2, 0) is 4.79 Å². The van der Waals surface area contributed by atoms with Crippen molar-refractivity contribution in [1.82, 2.24) is 15.1 Å². The summed E-state index contributed by atoms with van der Waals surface area (Å²) in [5.41, 5.74) is 1.78. The molecule has 1 atom stereocenters. The number of aliphatic carboxylic acids is 1. The lowest BCUT2D eigenvalue weighted by molar-refractivity contribution is -0.139. The summed E-state index contributed by atoms with van der Waals surface area (Å²) in [6.45, 7) is 3.60. The van der Waals surface area contributed by atoms with Crippen LogP contribution in [0.4, 0.5) is 0 Å². The average molecular weight is 301 g/mol. The van der Waals surface area contributed by atoms with Crippen LogP contribution >= 0.6 is 0 Å². The van der Waals surface area contributed by atoms with Gasteiger partial charge in [0.05, 0.1) is 16.9 Å². The number of para-hydroxylation sites is 1. The van der Waals surface area contributed by atoms with Crippen molar-refractivity contribution in [3.05, 3.63) is 47.8 Å². The van der Waals surface area contributed by atoms with E-state index < -0.39 is 17.9 Å². The van der Waals surface area contributed by atoms with Crippen molar-refractivity contribution in [2.75, 3.05) is 0 Å². The van der Waals surface area contributed by atoms with Gasteiger partial charge >= 0.3 is 5.97 Å². The Kier molecular flexibility index (Phi) is 4.93. The van der Waals surface area contributed by atoms with E-state index in [0.717, 1.165) is 5.69 Å². The van der Waals surface area contributed by atoms with Crippen molar-refractivity contribution in [3.63, 3.8) is 0 Å². The van der Waals surface area contributed by atoms with Crippen molar-refractivity contribution >= 4 is 11.9 Å². The van der Waals surface area contributed by atoms with Gasteiger partial charge in [-0.25, -0.2) is 9.48 Å². The molecule has 6 nitrogen and oxygen atoms in total. The Hall–Kier alpha value is -2.63. The summed E-state index contributed by atoms with van der Waals surface area (Å²) >= 11 is 0. The fourth-order valence-corrected chi connectivity index (χ4v) is 2.18. The Morgan fingerprint density at radius 3 is 2.59 bits per heavy atom. The van der Waals surface area contributed by atoms with Crippen LogP contribution in [0.1, 0.15) is 35.8 Å². The average Bonchev–Trinajstić information content (AvgIpc) is 2.89. The van der Waals surface area contributed by atoms with Gasteiger partial charge in [0.1, 0.15) is 6.04 Å². The maximum absolute atomic E-state index is 12.3. The highest BCUT2D eigenvalue weighted by atomic mass is 16.4. The van der Waals surface area contributed by atoms with E-state index in [1.807, 2.05) is 37.3 Å². The molecular weight excluding hydrogens is 282 g/mol. The first-order valence-electron chi connectivity index (χ1n) is 7.18. The van der Waals surface area contributed by atoms with Gasteiger partial charge in [-0.1, -0.05) is 31.5 Å². The molecule has 2 aromatic rings. The number of carbonyl (C=O) groups is 2. The Morgan fingerprint density at radius 2 is 2.00 bits per heavy atom. The topological polar surface area (TPSA) is 84.2 Å². The molecule has 1 aromatic carbocycles. The first kappa shape index (κ1) is 15.8. The molecule has 2 rings (SSSR count). The van der Waals surface area contributed by atoms with E-state index in [1.54, 1.807) is 17.8 Å². The molecule has 0 aliphatic heterocycles. The second kappa shape index (κ2) is 6.89. The van der Waals surface area contributed by atoms with Gasteiger partial charge in [0.15, 0.2) is 0 Å². The van der Waals surface area contributed by atoms with Gasteiger partial charge in [-0.15, -0.1) is 0 Å². The quantitative estimate of drug-likeness (QED) is 0.856. The molecule has 1 aromatic heterocycles. The van der Waals surface area contributed by atoms with Crippen LogP contribution in [0, 0.1) is 6.92 Å². The molecule has 0 saturated heterocycles. The lowest BCUT2D eigenvalue weighted by Gasteiger charge is -2.12. The molecule has 0 fully saturated rings. The minimum Gasteiger partial charge on any atom is -0.480 e. The molecule has 1 heterocycles. The zero-order valence-electron chi connectivity index (χ0n) is 12.6. The number of carbonyl (C=O) groups excluding carboxylic acids is 1. The van der Waals surface area contributed by atoms with Gasteiger partial charge in [-0.05, 0) is 25.5 Å². The summed E-state index contributed by atoms with van der Waals surface area (Å²) in [5.74, 6) is -1.44. The number of amides is 1. The Morgan fingerprint density at radius 1 is 1.32 bits per heavy atom. The molecular formula is C16H19N3O3. The summed E-state index contributed by atoms with van der Waals surface area (Å²) in [5, 5.41) is 16.0. The number of benzene rings is 1. The highest BCUT2D eigenvalue weighted by Gasteiger charge is 2.22. The number of carboxylic acid groups (broad SMARTS) is 1. The third kappa shape index (κ3) is 3.52. The van der Waals surface area contributed by atoms with Gasteiger partial charge < -0.3 is 10.4 Å². The Balaban J connectivity index is 2.20. The normalized spacial score (nSPS) is 11.9. The number of nitrogens with zero attached hydrogens (tertiary/aromatic N) is 2. The summed E-state index contributed by atoms with van der Waals surface area (Å²) < 4.78 is 1.61. The van der Waals surface area contributed by atoms with E-state index in [0.29, 0.717) is 24.1 Å². The van der Waals surface area contributed by atoms with E-state index in [4.69, 9.17) is 5.11 Å². The molecule has 22 heavy (non-hydrogen) atoms. The van der Waals surface area contributed by atoms with Gasteiger partial charge in [-0.3, -0.25) is 4.79 Å². The van der Waals surface area contributed by atoms with Crippen molar-refractivity contribution in [3.8, 4) is 5.69 Å². The first-order chi connectivity index (χ1) is 10.5. The lowest BCUT2D eigenvalue weighted by atomic mass is 10.1. The molecule has 1 unspecified atom stereocenters. The molecule has 116 valence electrons. The van der Waals surface area contributed by atoms with Crippen LogP contribution in [0.5, 0.6) is 0 Å². The number of aryl methyl sites for hydroxylation is 1. The van der Waals surface area contributed by atoms with Gasteiger partial charge in [0.25, 0.3) is 5.91 Å². The van der Waals surface area contributed by atoms with Gasteiger partial charge in [0.2, 0.25) is 0 Å². The Bertz CT molecular complexity index is 665. The largest absolute Gasteiger partial charge is 0.480 e. The minimum absolute atomic E-state index is 0.381. The monoisotopic (exact) mass is 301 g/mol. The van der Waals surface area contributed by atoms with Crippen molar-refractivity contribution in [2.24, 2.45) is 0 Å². The predicted octanol–water partition coefficient (Wildman–Crippen LogP) is 2.16. The molecule has 0 bridgehead atoms. The molecule has 0 saturated carbocycles. The first-order valence-corrected chi connectivity index (χ1v) is 7.18. The van der Waals surface area contributed by atoms with Crippen molar-refractivity contribution < 1.29 is 14.7 Å². The number of nitrogens with one attached hydrogen (secondary N) is 1. The highest BCUT2D eigenvalue weighted by Crippen LogP contribution is 2.12. The second-order valence-corrected chi connectivity index (χ2v) is 5.06. The third-order valence-corrected chi connectivity index (χ3v) is 3.35. The summed E-state index contributed by atoms with van der Waals surface area (Å²) in [4.78, 5) is 23.4. The zero-order valence-corrected chi connectivity index (χ0v) is 12.6. The summed E-state index contributed by atoms with van der Waals surface area (Å²) in [6, 6.07) is 8.55. The van der Waals surface area contributed by atoms with Gasteiger partial charge in [0, 0.05) is 6.20 Å². The van der Waals surface area contributed by atoms with Crippen LogP contribution in [0.25, 0.3) is 5.69 Å². The Labute approximate surface area is 128 Å². The molecule has 2 N–H and O–H groups in total. The highest BCUT2D eigenvalue weighted by molar-refractivity contribution is 5.97. The number of carboxylic acids is 1. The van der Waals surface area contributed by atoms with E-state index in [2.05, 4.69) is 10.4 Å². The fourth-order valence-electron chi connectivity index (χ4n) is 2.18. The van der Waals surface area contributed by atoms with Crippen LogP contribution in [-0.4, -0.2) is 32.8 Å². The van der Waals surface area contributed by atoms with E-state index in [-0.39, 0.29) is 0 Å². The van der Waals surface area contributed by atoms with Crippen LogP contribution in [0.2, 0.25) is 0 Å². The fraction of sp³-hybridized carbons (Fsp3) is 0.312. The lowest BCUT2D eigenvalue weighted by Crippen LogP contribution is -2.40. The molecule has 6 heteroatoms. The molecule has 0 radical (unpaired) electrons. The minimum atomic E-state index is -1.02. The smallest absolute Gasteiger partial charge is 0.326 e. The van der Waals surface area contributed by atoms with E-state index in [1.165, 1.54) is 0 Å². The zero-order chi connectivity index (χ0) is 16.1. The molecule has 0 aliphatic carbocycles. The SMILES string of the molecule is CCCC(NC(=O)c1cn(-c2ccccc2)nc1C)C(=O)O. The predicted molar refractivity (Wildman–Crippen MR) is 82.1 cm³/mol. The van der Waals surface area contributed by atoms with Crippen molar-refractivity contribution in [2.45, 2.75) is 32.7 Å². The number of hydrogen-bond acceptors (Lipinski definition) is 3. The second-order valence-electron chi connectivity index (χ2n) is 5.06. The van der Waals surface area contributed by atoms with Crippen LogP contribution in [0.15, 0.2) is 36.5 Å². The number of aromatic nitrogens is 2. The molecule has 1 amide bonds. The van der Waals surface area contributed by atoms with E-state index in [9.17, 15) is 9.59 Å². The van der Waals surface area contributed by atoms with Crippen molar-refractivity contribution in [1.29, 1.82) is 0 Å². The van der Waals surface area contributed by atoms with Gasteiger partial charge in [-0.2, -0.15) is 5.10 Å². The molecule has 0 spiro atoms.